The summed E-state index contributed by atoms with van der Waals surface area (Å²) in [6.07, 6.45) is 2.93. The Kier molecular flexibility index (Phi) is 2.85. The highest BCUT2D eigenvalue weighted by Gasteiger charge is 2.09. The smallest absolute Gasteiger partial charge is 0.151 e. The molecule has 0 radical (unpaired) electrons. The minimum atomic E-state index is 0.772. The maximum absolute atomic E-state index is 10.7. The minimum absolute atomic E-state index is 0.772. The molecule has 0 N–H and O–H groups in total. The maximum atomic E-state index is 10.7. The highest BCUT2D eigenvalue weighted by Crippen LogP contribution is 2.37. The van der Waals surface area contributed by atoms with Crippen molar-refractivity contribution in [1.82, 2.24) is 0 Å². The van der Waals surface area contributed by atoms with Crippen molar-refractivity contribution in [2.45, 2.75) is 9.79 Å². The van der Waals surface area contributed by atoms with E-state index in [1.165, 1.54) is 0 Å². The summed E-state index contributed by atoms with van der Waals surface area (Å²) >= 11 is 7.66. The fourth-order valence-electron chi connectivity index (χ4n) is 1.37. The van der Waals surface area contributed by atoms with E-state index in [-0.39, 0.29) is 0 Å². The van der Waals surface area contributed by atoms with Crippen LogP contribution in [0.1, 0.15) is 10.4 Å². The van der Waals surface area contributed by atoms with Crippen molar-refractivity contribution >= 4 is 52.1 Å². The van der Waals surface area contributed by atoms with Gasteiger partial charge in [-0.3, -0.25) is 4.79 Å². The first-order valence-corrected chi connectivity index (χ1v) is 6.55. The van der Waals surface area contributed by atoms with Crippen LogP contribution < -0.4 is 0 Å². The van der Waals surface area contributed by atoms with E-state index in [0.29, 0.717) is 0 Å². The molecule has 0 saturated heterocycles. The van der Waals surface area contributed by atoms with E-state index in [2.05, 4.69) is 12.6 Å². The van der Waals surface area contributed by atoms with E-state index in [0.717, 1.165) is 31.7 Å². The molecular formula is C10H8OS3. The quantitative estimate of drug-likeness (QED) is 0.489. The standard InChI is InChI=1S/C10H8OS3/c1-13-10-8(12)3-2-7-6(4-11)5-14-9(7)10/h2-5,12H,1H3. The fourth-order valence-corrected chi connectivity index (χ4v) is 3.83. The lowest BCUT2D eigenvalue weighted by atomic mass is 10.2. The maximum Gasteiger partial charge on any atom is 0.151 e. The van der Waals surface area contributed by atoms with E-state index in [1.54, 1.807) is 23.1 Å². The van der Waals surface area contributed by atoms with Crippen molar-refractivity contribution in [3.8, 4) is 0 Å². The number of benzene rings is 1. The predicted molar refractivity (Wildman–Crippen MR) is 66.2 cm³/mol. The molecule has 0 bridgehead atoms. The van der Waals surface area contributed by atoms with Gasteiger partial charge >= 0.3 is 0 Å². The van der Waals surface area contributed by atoms with E-state index in [9.17, 15) is 4.79 Å². The summed E-state index contributed by atoms with van der Waals surface area (Å²) in [6, 6.07) is 3.90. The van der Waals surface area contributed by atoms with Gasteiger partial charge in [0, 0.05) is 30.8 Å². The number of thioether (sulfide) groups is 1. The molecule has 0 saturated carbocycles. The second-order valence-electron chi connectivity index (χ2n) is 2.80. The monoisotopic (exact) mass is 240 g/mol. The molecule has 1 nitrogen and oxygen atoms in total. The number of carbonyl (C=O) groups is 1. The molecule has 14 heavy (non-hydrogen) atoms. The number of rotatable bonds is 2. The summed E-state index contributed by atoms with van der Waals surface area (Å²) in [4.78, 5) is 12.9. The Morgan fingerprint density at radius 2 is 2.29 bits per heavy atom. The highest BCUT2D eigenvalue weighted by molar-refractivity contribution is 7.99. The normalized spacial score (nSPS) is 10.7. The summed E-state index contributed by atoms with van der Waals surface area (Å²) < 4.78 is 1.16. The molecule has 2 aromatic rings. The fraction of sp³-hybridized carbons (Fsp3) is 0.100. The Hall–Kier alpha value is -0.450. The Morgan fingerprint density at radius 3 is 2.93 bits per heavy atom. The summed E-state index contributed by atoms with van der Waals surface area (Å²) in [5.41, 5.74) is 0.772. The SMILES string of the molecule is CSc1c(S)ccc2c(C=O)csc12. The van der Waals surface area contributed by atoms with Gasteiger partial charge < -0.3 is 0 Å². The number of carbonyl (C=O) groups excluding carboxylic acids is 1. The van der Waals surface area contributed by atoms with Crippen LogP contribution in [0, 0.1) is 0 Å². The Morgan fingerprint density at radius 1 is 1.50 bits per heavy atom. The van der Waals surface area contributed by atoms with Gasteiger partial charge in [-0.1, -0.05) is 6.07 Å². The van der Waals surface area contributed by atoms with Crippen LogP contribution in [0.15, 0.2) is 27.3 Å². The molecule has 0 spiro atoms. The lowest BCUT2D eigenvalue weighted by molar-refractivity contribution is 0.112. The van der Waals surface area contributed by atoms with E-state index < -0.39 is 0 Å². The van der Waals surface area contributed by atoms with Gasteiger partial charge in [0.25, 0.3) is 0 Å². The molecule has 72 valence electrons. The Bertz CT molecular complexity index is 487. The summed E-state index contributed by atoms with van der Waals surface area (Å²) in [5.74, 6) is 0. The van der Waals surface area contributed by atoms with Crippen molar-refractivity contribution in [2.24, 2.45) is 0 Å². The minimum Gasteiger partial charge on any atom is -0.298 e. The lowest BCUT2D eigenvalue weighted by Gasteiger charge is -2.02. The van der Waals surface area contributed by atoms with Crippen LogP contribution in [0.4, 0.5) is 0 Å². The first kappa shape index (κ1) is 10.1. The zero-order chi connectivity index (χ0) is 10.1. The molecule has 1 aromatic carbocycles. The molecule has 0 aliphatic rings. The van der Waals surface area contributed by atoms with Gasteiger partial charge in [0.15, 0.2) is 6.29 Å². The molecular weight excluding hydrogens is 232 g/mol. The van der Waals surface area contributed by atoms with Gasteiger partial charge in [0.2, 0.25) is 0 Å². The third-order valence-electron chi connectivity index (χ3n) is 2.04. The van der Waals surface area contributed by atoms with Gasteiger partial charge in [-0.25, -0.2) is 0 Å². The number of thiol groups is 1. The van der Waals surface area contributed by atoms with Crippen LogP contribution in [0.2, 0.25) is 0 Å². The number of hydrogen-bond donors (Lipinski definition) is 1. The van der Waals surface area contributed by atoms with E-state index in [4.69, 9.17) is 0 Å². The van der Waals surface area contributed by atoms with Crippen LogP contribution in [-0.2, 0) is 0 Å². The molecule has 0 unspecified atom stereocenters. The molecule has 0 aliphatic heterocycles. The second-order valence-corrected chi connectivity index (χ2v) is 4.98. The Balaban J connectivity index is 2.83. The van der Waals surface area contributed by atoms with Crippen LogP contribution in [0.25, 0.3) is 10.1 Å². The van der Waals surface area contributed by atoms with Gasteiger partial charge in [-0.2, -0.15) is 0 Å². The first-order valence-electron chi connectivity index (χ1n) is 4.00. The summed E-state index contributed by atoms with van der Waals surface area (Å²) in [6.45, 7) is 0. The van der Waals surface area contributed by atoms with Gasteiger partial charge in [0.1, 0.15) is 0 Å². The van der Waals surface area contributed by atoms with Crippen molar-refractivity contribution < 1.29 is 4.79 Å². The van der Waals surface area contributed by atoms with E-state index in [1.807, 2.05) is 23.8 Å². The molecule has 0 amide bonds. The lowest BCUT2D eigenvalue weighted by Crippen LogP contribution is -1.78. The van der Waals surface area contributed by atoms with Gasteiger partial charge in [0.05, 0.1) is 0 Å². The summed E-state index contributed by atoms with van der Waals surface area (Å²) in [7, 11) is 0. The number of thiophene rings is 1. The molecule has 0 fully saturated rings. The second kappa shape index (κ2) is 3.96. The van der Waals surface area contributed by atoms with Crippen molar-refractivity contribution in [3.05, 3.63) is 23.1 Å². The zero-order valence-electron chi connectivity index (χ0n) is 7.48. The zero-order valence-corrected chi connectivity index (χ0v) is 10.0. The first-order chi connectivity index (χ1) is 6.77. The van der Waals surface area contributed by atoms with E-state index >= 15 is 0 Å². The third kappa shape index (κ3) is 1.47. The topological polar surface area (TPSA) is 17.1 Å². The van der Waals surface area contributed by atoms with Crippen molar-refractivity contribution in [3.63, 3.8) is 0 Å². The van der Waals surface area contributed by atoms with Crippen LogP contribution >= 0.6 is 35.7 Å². The van der Waals surface area contributed by atoms with Gasteiger partial charge in [-0.05, 0) is 12.3 Å². The van der Waals surface area contributed by atoms with Crippen LogP contribution in [0.3, 0.4) is 0 Å². The number of fused-ring (bicyclic) bond motifs is 1. The largest absolute Gasteiger partial charge is 0.298 e. The van der Waals surface area contributed by atoms with Crippen LogP contribution in [-0.4, -0.2) is 12.5 Å². The summed E-state index contributed by atoms with van der Waals surface area (Å²) in [5, 5.41) is 2.93. The predicted octanol–water partition coefficient (Wildman–Crippen LogP) is 3.72. The molecule has 0 aliphatic carbocycles. The molecule has 4 heteroatoms. The Labute approximate surface area is 95.9 Å². The average Bonchev–Trinajstić information content (AvgIpc) is 2.60. The van der Waals surface area contributed by atoms with Crippen LogP contribution in [0.5, 0.6) is 0 Å². The van der Waals surface area contributed by atoms with Gasteiger partial charge in [-0.15, -0.1) is 35.7 Å². The molecule has 2 rings (SSSR count). The average molecular weight is 240 g/mol. The van der Waals surface area contributed by atoms with Crippen molar-refractivity contribution in [1.29, 1.82) is 0 Å². The van der Waals surface area contributed by atoms with Crippen molar-refractivity contribution in [2.75, 3.05) is 6.26 Å². The molecule has 1 aromatic heterocycles. The third-order valence-corrected chi connectivity index (χ3v) is 4.55. The number of aldehydes is 1. The molecule has 0 atom stereocenters. The number of hydrogen-bond acceptors (Lipinski definition) is 4. The highest BCUT2D eigenvalue weighted by atomic mass is 32.2. The molecule has 1 heterocycles.